The van der Waals surface area contributed by atoms with Crippen molar-refractivity contribution in [1.82, 2.24) is 14.9 Å². The molecule has 3 N–H and O–H groups in total. The summed E-state index contributed by atoms with van der Waals surface area (Å²) in [6.07, 6.45) is -2.43. The van der Waals surface area contributed by atoms with Crippen LogP contribution in [0.2, 0.25) is 0 Å². The van der Waals surface area contributed by atoms with Crippen molar-refractivity contribution in [2.24, 2.45) is 5.92 Å². The van der Waals surface area contributed by atoms with Gasteiger partial charge in [0.1, 0.15) is 25.0 Å². The molecule has 27 heavy (non-hydrogen) atoms. The molecule has 2 rings (SSSR count). The van der Waals surface area contributed by atoms with Gasteiger partial charge in [-0.2, -0.15) is 4.39 Å². The van der Waals surface area contributed by atoms with Crippen LogP contribution < -0.4 is 16.6 Å². The Labute approximate surface area is 153 Å². The molecular formula is C16H22FN3O7. The number of esters is 1. The number of carbonyl (C=O) groups excluding carboxylic acids is 2. The summed E-state index contributed by atoms with van der Waals surface area (Å²) in [5.74, 6) is -2.46. The molecule has 0 spiro atoms. The van der Waals surface area contributed by atoms with Crippen molar-refractivity contribution in [3.63, 3.8) is 0 Å². The molecule has 0 bridgehead atoms. The average molecular weight is 387 g/mol. The van der Waals surface area contributed by atoms with Crippen molar-refractivity contribution in [1.29, 1.82) is 0 Å². The van der Waals surface area contributed by atoms with Crippen LogP contribution in [0, 0.1) is 11.7 Å². The van der Waals surface area contributed by atoms with Gasteiger partial charge in [0.15, 0.2) is 0 Å². The minimum atomic E-state index is -1.17. The number of H-pyrrole nitrogens is 1. The Morgan fingerprint density at radius 1 is 1.48 bits per heavy atom. The third-order valence-corrected chi connectivity index (χ3v) is 4.11. The number of aromatic nitrogens is 2. The van der Waals surface area contributed by atoms with Crippen molar-refractivity contribution in [2.75, 3.05) is 6.61 Å². The Balaban J connectivity index is 2.02. The summed E-state index contributed by atoms with van der Waals surface area (Å²) in [6.45, 7) is 4.42. The van der Waals surface area contributed by atoms with Gasteiger partial charge in [0.25, 0.3) is 5.56 Å². The molecule has 4 atom stereocenters. The van der Waals surface area contributed by atoms with E-state index in [1.54, 1.807) is 18.8 Å². The van der Waals surface area contributed by atoms with Crippen molar-refractivity contribution in [3.05, 3.63) is 32.9 Å². The summed E-state index contributed by atoms with van der Waals surface area (Å²) in [7, 11) is 0. The van der Waals surface area contributed by atoms with Crippen molar-refractivity contribution in [3.8, 4) is 0 Å². The van der Waals surface area contributed by atoms with Gasteiger partial charge in [0.05, 0.1) is 12.3 Å². The molecule has 0 aliphatic carbocycles. The Morgan fingerprint density at radius 2 is 2.15 bits per heavy atom. The highest BCUT2D eigenvalue weighted by Crippen LogP contribution is 2.27. The maximum atomic E-state index is 13.4. The van der Waals surface area contributed by atoms with Gasteiger partial charge in [-0.05, 0) is 5.92 Å². The smallest absolute Gasteiger partial charge is 0.330 e. The average Bonchev–Trinajstić information content (AvgIpc) is 2.94. The lowest BCUT2D eigenvalue weighted by atomic mass is 10.0. The number of aliphatic hydroxyl groups is 1. The number of aliphatic hydroxyl groups excluding tert-OH is 1. The van der Waals surface area contributed by atoms with E-state index in [1.807, 2.05) is 0 Å². The zero-order valence-corrected chi connectivity index (χ0v) is 15.1. The van der Waals surface area contributed by atoms with Gasteiger partial charge >= 0.3 is 11.7 Å². The lowest BCUT2D eigenvalue weighted by molar-refractivity contribution is -0.155. The molecule has 1 amide bonds. The van der Waals surface area contributed by atoms with Crippen LogP contribution >= 0.6 is 0 Å². The van der Waals surface area contributed by atoms with Gasteiger partial charge in [-0.1, -0.05) is 13.8 Å². The van der Waals surface area contributed by atoms with Gasteiger partial charge < -0.3 is 19.9 Å². The zero-order chi connectivity index (χ0) is 20.3. The van der Waals surface area contributed by atoms with Gasteiger partial charge in [0, 0.05) is 13.3 Å². The number of rotatable bonds is 6. The Kier molecular flexibility index (Phi) is 6.50. The van der Waals surface area contributed by atoms with E-state index in [-0.39, 0.29) is 24.9 Å². The summed E-state index contributed by atoms with van der Waals surface area (Å²) < 4.78 is 24.8. The van der Waals surface area contributed by atoms with E-state index in [0.717, 1.165) is 4.57 Å². The van der Waals surface area contributed by atoms with E-state index in [2.05, 4.69) is 5.32 Å². The summed E-state index contributed by atoms with van der Waals surface area (Å²) >= 11 is 0. The number of amides is 1. The Bertz CT molecular complexity index is 819. The van der Waals surface area contributed by atoms with E-state index in [9.17, 15) is 28.7 Å². The molecule has 1 aromatic rings. The second kappa shape index (κ2) is 8.44. The molecule has 1 aliphatic rings. The first-order valence-electron chi connectivity index (χ1n) is 8.38. The standard InChI is InChI=1S/C16H22FN3O7/c1-7(2)13(18-8(3)21)15(24)26-6-11-10(22)4-12(27-11)20-5-9(17)14(23)19-16(20)25/h5,7,10-13,22H,4,6H2,1-3H3,(H,18,21)(H,19,23,25)/t10?,11-,12-,13+/m0/s1. The fourth-order valence-electron chi connectivity index (χ4n) is 2.68. The molecule has 1 aromatic heterocycles. The Hall–Kier alpha value is -2.53. The SMILES string of the molecule is CC(=O)N[C@@H](C(=O)OC[C@@H]1O[C@H](n2cc(F)c(=O)[nH]c2=O)CC1O)C(C)C. The molecule has 1 saturated heterocycles. The molecule has 0 aromatic carbocycles. The molecule has 1 fully saturated rings. The molecular weight excluding hydrogens is 365 g/mol. The van der Waals surface area contributed by atoms with E-state index in [4.69, 9.17) is 9.47 Å². The number of carbonyl (C=O) groups is 2. The summed E-state index contributed by atoms with van der Waals surface area (Å²) in [6, 6.07) is -0.854. The molecule has 1 aliphatic heterocycles. The maximum absolute atomic E-state index is 13.4. The van der Waals surface area contributed by atoms with E-state index in [0.29, 0.717) is 6.20 Å². The van der Waals surface area contributed by atoms with E-state index >= 15 is 0 Å². The summed E-state index contributed by atoms with van der Waals surface area (Å²) in [4.78, 5) is 48.0. The number of halogens is 1. The van der Waals surface area contributed by atoms with Crippen molar-refractivity contribution < 1.29 is 28.6 Å². The topological polar surface area (TPSA) is 140 Å². The first-order chi connectivity index (χ1) is 12.6. The fraction of sp³-hybridized carbons (Fsp3) is 0.625. The predicted octanol–water partition coefficient (Wildman–Crippen LogP) is -0.972. The quantitative estimate of drug-likeness (QED) is 0.534. The molecule has 11 heteroatoms. The second-order valence-corrected chi connectivity index (χ2v) is 6.63. The molecule has 0 saturated carbocycles. The number of nitrogens with one attached hydrogen (secondary N) is 2. The van der Waals surface area contributed by atoms with Crippen LogP contribution in [0.5, 0.6) is 0 Å². The van der Waals surface area contributed by atoms with Crippen molar-refractivity contribution >= 4 is 11.9 Å². The highest BCUT2D eigenvalue weighted by atomic mass is 19.1. The van der Waals surface area contributed by atoms with Crippen LogP contribution in [0.15, 0.2) is 15.8 Å². The minimum absolute atomic E-state index is 0.0626. The molecule has 10 nitrogen and oxygen atoms in total. The summed E-state index contributed by atoms with van der Waals surface area (Å²) in [5.41, 5.74) is -2.04. The number of nitrogens with zero attached hydrogens (tertiary/aromatic N) is 1. The van der Waals surface area contributed by atoms with E-state index < -0.39 is 47.5 Å². The minimum Gasteiger partial charge on any atom is -0.461 e. The lowest BCUT2D eigenvalue weighted by Gasteiger charge is -2.22. The van der Waals surface area contributed by atoms with Crippen molar-refractivity contribution in [2.45, 2.75) is 51.7 Å². The van der Waals surface area contributed by atoms with E-state index in [1.165, 1.54) is 6.92 Å². The van der Waals surface area contributed by atoms with Crippen LogP contribution in [0.3, 0.4) is 0 Å². The predicted molar refractivity (Wildman–Crippen MR) is 89.2 cm³/mol. The number of hydrogen-bond donors (Lipinski definition) is 3. The molecule has 150 valence electrons. The monoisotopic (exact) mass is 387 g/mol. The molecule has 1 unspecified atom stereocenters. The lowest BCUT2D eigenvalue weighted by Crippen LogP contribution is -2.45. The van der Waals surface area contributed by atoms with Gasteiger partial charge in [-0.15, -0.1) is 0 Å². The second-order valence-electron chi connectivity index (χ2n) is 6.63. The van der Waals surface area contributed by atoms with Crippen LogP contribution in [0.4, 0.5) is 4.39 Å². The normalized spacial score (nSPS) is 23.3. The Morgan fingerprint density at radius 3 is 2.74 bits per heavy atom. The highest BCUT2D eigenvalue weighted by molar-refractivity contribution is 5.83. The zero-order valence-electron chi connectivity index (χ0n) is 15.1. The van der Waals surface area contributed by atoms with Gasteiger partial charge in [0.2, 0.25) is 11.7 Å². The largest absolute Gasteiger partial charge is 0.461 e. The third-order valence-electron chi connectivity index (χ3n) is 4.11. The fourth-order valence-corrected chi connectivity index (χ4v) is 2.68. The maximum Gasteiger partial charge on any atom is 0.330 e. The number of aromatic amines is 1. The highest BCUT2D eigenvalue weighted by Gasteiger charge is 2.37. The van der Waals surface area contributed by atoms with Gasteiger partial charge in [-0.3, -0.25) is 19.1 Å². The first-order valence-corrected chi connectivity index (χ1v) is 8.38. The summed E-state index contributed by atoms with van der Waals surface area (Å²) in [5, 5.41) is 12.6. The van der Waals surface area contributed by atoms with Crippen LogP contribution in [-0.4, -0.2) is 51.4 Å². The molecule has 0 radical (unpaired) electrons. The van der Waals surface area contributed by atoms with Crippen LogP contribution in [-0.2, 0) is 19.1 Å². The van der Waals surface area contributed by atoms with Gasteiger partial charge in [-0.25, -0.2) is 9.59 Å². The first kappa shape index (κ1) is 20.8. The number of ether oxygens (including phenoxy) is 2. The number of hydrogen-bond acceptors (Lipinski definition) is 7. The molecule has 2 heterocycles. The third kappa shape index (κ3) is 5.01. The van der Waals surface area contributed by atoms with Crippen LogP contribution in [0.25, 0.3) is 0 Å². The van der Waals surface area contributed by atoms with Crippen LogP contribution in [0.1, 0.15) is 33.4 Å².